The van der Waals surface area contributed by atoms with Crippen LogP contribution in [0.15, 0.2) is 24.3 Å². The summed E-state index contributed by atoms with van der Waals surface area (Å²) >= 11 is 0. The zero-order valence-electron chi connectivity index (χ0n) is 18.0. The van der Waals surface area contributed by atoms with Crippen molar-refractivity contribution < 1.29 is 23.9 Å². The Hall–Kier alpha value is -2.87. The molecule has 1 amide bonds. The molecule has 0 radical (unpaired) electrons. The molecule has 2 atom stereocenters. The SMILES string of the molecule is CCN(CC)C1Cc2c(n(C3CCC3)c3ccccc23)C(OC(=O)C(=O)OC(N)=O)C1. The van der Waals surface area contributed by atoms with Gasteiger partial charge in [0.15, 0.2) is 0 Å². The first-order valence-electron chi connectivity index (χ1n) is 11.0. The van der Waals surface area contributed by atoms with E-state index in [0.29, 0.717) is 12.5 Å². The molecule has 2 N–H and O–H groups in total. The number of carbonyl (C=O) groups excluding carboxylic acids is 3. The van der Waals surface area contributed by atoms with E-state index in [9.17, 15) is 14.4 Å². The second-order valence-electron chi connectivity index (χ2n) is 8.25. The summed E-state index contributed by atoms with van der Waals surface area (Å²) in [5, 5.41) is 1.17. The lowest BCUT2D eigenvalue weighted by Crippen LogP contribution is -2.42. The van der Waals surface area contributed by atoms with Gasteiger partial charge in [0.2, 0.25) is 0 Å². The van der Waals surface area contributed by atoms with Crippen LogP contribution in [0.2, 0.25) is 0 Å². The summed E-state index contributed by atoms with van der Waals surface area (Å²) in [6.07, 6.45) is 2.84. The Labute approximate surface area is 181 Å². The number of hydrogen-bond acceptors (Lipinski definition) is 6. The van der Waals surface area contributed by atoms with E-state index in [1.807, 2.05) is 12.1 Å². The third-order valence-electron chi connectivity index (χ3n) is 6.67. The lowest BCUT2D eigenvalue weighted by molar-refractivity contribution is -0.168. The standard InChI is InChI=1S/C23H29N3O5/c1-3-25(4-2)15-12-17-16-10-5-6-11-18(16)26(14-8-7-9-14)20(17)19(13-15)30-21(27)22(28)31-23(24)29/h5-6,10-11,14-15,19H,3-4,7-9,12-13H2,1-2H3,(H2,24,29). The molecule has 1 fully saturated rings. The highest BCUT2D eigenvalue weighted by molar-refractivity contribution is 6.31. The predicted molar refractivity (Wildman–Crippen MR) is 114 cm³/mol. The lowest BCUT2D eigenvalue weighted by Gasteiger charge is -2.38. The normalized spacial score (nSPS) is 20.9. The summed E-state index contributed by atoms with van der Waals surface area (Å²) in [6, 6.07) is 8.81. The van der Waals surface area contributed by atoms with Crippen molar-refractivity contribution in [2.45, 2.75) is 64.1 Å². The Morgan fingerprint density at radius 2 is 1.84 bits per heavy atom. The minimum absolute atomic E-state index is 0.174. The van der Waals surface area contributed by atoms with Crippen LogP contribution in [0.25, 0.3) is 10.9 Å². The maximum absolute atomic E-state index is 12.4. The molecular formula is C23H29N3O5. The zero-order valence-corrected chi connectivity index (χ0v) is 18.0. The Kier molecular flexibility index (Phi) is 6.00. The van der Waals surface area contributed by atoms with Crippen molar-refractivity contribution in [1.82, 2.24) is 9.47 Å². The quantitative estimate of drug-likeness (QED) is 0.446. The molecule has 1 aromatic carbocycles. The van der Waals surface area contributed by atoms with Gasteiger partial charge in [0.25, 0.3) is 0 Å². The predicted octanol–water partition coefficient (Wildman–Crippen LogP) is 3.23. The molecular weight excluding hydrogens is 398 g/mol. The minimum Gasteiger partial charge on any atom is -0.447 e. The maximum Gasteiger partial charge on any atom is 0.426 e. The number of nitrogens with zero attached hydrogens (tertiary/aromatic N) is 2. The number of para-hydroxylation sites is 1. The van der Waals surface area contributed by atoms with Gasteiger partial charge in [0.1, 0.15) is 6.10 Å². The Morgan fingerprint density at radius 1 is 1.13 bits per heavy atom. The first kappa shape index (κ1) is 21.4. The number of fused-ring (bicyclic) bond motifs is 3. The smallest absolute Gasteiger partial charge is 0.426 e. The molecule has 0 saturated heterocycles. The van der Waals surface area contributed by atoms with Gasteiger partial charge in [-0.3, -0.25) is 0 Å². The molecule has 2 unspecified atom stereocenters. The molecule has 31 heavy (non-hydrogen) atoms. The molecule has 0 aliphatic heterocycles. The Bertz CT molecular complexity index is 1010. The highest BCUT2D eigenvalue weighted by Gasteiger charge is 2.39. The fourth-order valence-electron chi connectivity index (χ4n) is 5.06. The van der Waals surface area contributed by atoms with Crippen LogP contribution in [-0.4, -0.2) is 46.6 Å². The van der Waals surface area contributed by atoms with Crippen LogP contribution >= 0.6 is 0 Å². The van der Waals surface area contributed by atoms with Crippen LogP contribution in [-0.2, 0) is 25.5 Å². The molecule has 0 spiro atoms. The molecule has 2 aromatic rings. The number of nitrogens with two attached hydrogens (primary N) is 1. The second kappa shape index (κ2) is 8.70. The average molecular weight is 428 g/mol. The van der Waals surface area contributed by atoms with Crippen molar-refractivity contribution in [2.24, 2.45) is 5.73 Å². The maximum atomic E-state index is 12.4. The van der Waals surface area contributed by atoms with Gasteiger partial charge in [-0.15, -0.1) is 0 Å². The van der Waals surface area contributed by atoms with Gasteiger partial charge in [-0.05, 0) is 50.4 Å². The molecule has 8 heteroatoms. The van der Waals surface area contributed by atoms with Crippen molar-refractivity contribution in [3.8, 4) is 0 Å². The first-order valence-corrected chi connectivity index (χ1v) is 11.0. The van der Waals surface area contributed by atoms with Gasteiger partial charge >= 0.3 is 18.0 Å². The molecule has 1 saturated carbocycles. The summed E-state index contributed by atoms with van der Waals surface area (Å²) in [5.74, 6) is -2.58. The second-order valence-corrected chi connectivity index (χ2v) is 8.25. The Balaban J connectivity index is 1.78. The molecule has 1 heterocycles. The van der Waals surface area contributed by atoms with Gasteiger partial charge < -0.3 is 24.7 Å². The number of rotatable bonds is 5. The van der Waals surface area contributed by atoms with E-state index in [4.69, 9.17) is 10.5 Å². The van der Waals surface area contributed by atoms with Gasteiger partial charge in [0.05, 0.1) is 5.69 Å². The minimum atomic E-state index is -1.38. The number of benzene rings is 1. The number of esters is 2. The van der Waals surface area contributed by atoms with Crippen molar-refractivity contribution in [1.29, 1.82) is 0 Å². The summed E-state index contributed by atoms with van der Waals surface area (Å²) in [6.45, 7) is 5.98. The van der Waals surface area contributed by atoms with E-state index in [1.54, 1.807) is 0 Å². The topological polar surface area (TPSA) is 104 Å². The summed E-state index contributed by atoms with van der Waals surface area (Å²) in [5.41, 5.74) is 8.16. The number of aromatic nitrogens is 1. The number of amides is 1. The summed E-state index contributed by atoms with van der Waals surface area (Å²) < 4.78 is 12.2. The lowest BCUT2D eigenvalue weighted by atomic mass is 9.87. The molecule has 2 aliphatic rings. The van der Waals surface area contributed by atoms with Crippen LogP contribution in [0.3, 0.4) is 0 Å². The van der Waals surface area contributed by atoms with Gasteiger partial charge in [-0.25, -0.2) is 14.4 Å². The van der Waals surface area contributed by atoms with E-state index >= 15 is 0 Å². The van der Waals surface area contributed by atoms with Crippen molar-refractivity contribution in [2.75, 3.05) is 13.1 Å². The Morgan fingerprint density at radius 3 is 2.45 bits per heavy atom. The number of ether oxygens (including phenoxy) is 2. The van der Waals surface area contributed by atoms with Gasteiger partial charge in [0, 0.05) is 29.4 Å². The van der Waals surface area contributed by atoms with E-state index in [2.05, 4.69) is 40.2 Å². The van der Waals surface area contributed by atoms with Crippen LogP contribution in [0.1, 0.15) is 62.9 Å². The number of hydrogen-bond donors (Lipinski definition) is 1. The average Bonchev–Trinajstić information content (AvgIpc) is 3.02. The highest BCUT2D eigenvalue weighted by Crippen LogP contribution is 2.45. The molecule has 166 valence electrons. The van der Waals surface area contributed by atoms with E-state index in [1.165, 1.54) is 17.4 Å². The number of likely N-dealkylation sites (N-methyl/N-ethyl adjacent to an activating group) is 1. The fourth-order valence-corrected chi connectivity index (χ4v) is 5.06. The van der Waals surface area contributed by atoms with Crippen molar-refractivity contribution in [3.05, 3.63) is 35.5 Å². The van der Waals surface area contributed by atoms with E-state index < -0.39 is 24.1 Å². The van der Waals surface area contributed by atoms with E-state index in [0.717, 1.165) is 43.6 Å². The number of carbonyl (C=O) groups is 3. The molecule has 0 bridgehead atoms. The number of primary amides is 1. The van der Waals surface area contributed by atoms with Crippen molar-refractivity contribution in [3.63, 3.8) is 0 Å². The fraction of sp³-hybridized carbons (Fsp3) is 0.522. The van der Waals surface area contributed by atoms with Crippen LogP contribution in [0.5, 0.6) is 0 Å². The van der Waals surface area contributed by atoms with Crippen LogP contribution < -0.4 is 5.73 Å². The zero-order chi connectivity index (χ0) is 22.1. The van der Waals surface area contributed by atoms with Crippen LogP contribution in [0, 0.1) is 0 Å². The summed E-state index contributed by atoms with van der Waals surface area (Å²) in [4.78, 5) is 37.6. The third-order valence-corrected chi connectivity index (χ3v) is 6.67. The molecule has 2 aliphatic carbocycles. The molecule has 1 aromatic heterocycles. The van der Waals surface area contributed by atoms with E-state index in [-0.39, 0.29) is 6.04 Å². The van der Waals surface area contributed by atoms with Crippen LogP contribution in [0.4, 0.5) is 4.79 Å². The highest BCUT2D eigenvalue weighted by atomic mass is 16.6. The van der Waals surface area contributed by atoms with Gasteiger partial charge in [-0.1, -0.05) is 32.0 Å². The molecule has 4 rings (SSSR count). The van der Waals surface area contributed by atoms with Gasteiger partial charge in [-0.2, -0.15) is 0 Å². The largest absolute Gasteiger partial charge is 0.447 e. The third kappa shape index (κ3) is 3.92. The summed E-state index contributed by atoms with van der Waals surface area (Å²) in [7, 11) is 0. The monoisotopic (exact) mass is 427 g/mol. The molecule has 8 nitrogen and oxygen atoms in total. The van der Waals surface area contributed by atoms with Crippen molar-refractivity contribution >= 4 is 28.9 Å². The first-order chi connectivity index (χ1) is 14.9.